The number of amides is 2. The molecule has 0 aromatic heterocycles. The highest BCUT2D eigenvalue weighted by atomic mass is 16.4. The Hall–Kier alpha value is -2.30. The quantitative estimate of drug-likeness (QED) is 0.786. The van der Waals surface area contributed by atoms with E-state index in [9.17, 15) is 9.59 Å². The van der Waals surface area contributed by atoms with E-state index in [-0.39, 0.29) is 11.6 Å². The molecule has 0 aliphatic heterocycles. The number of benzene rings is 1. The second-order valence-electron chi connectivity index (χ2n) is 3.64. The number of nitrogens with zero attached hydrogens (tertiary/aromatic N) is 1. The second-order valence-corrected chi connectivity index (χ2v) is 3.64. The Balaban J connectivity index is 2.69. The summed E-state index contributed by atoms with van der Waals surface area (Å²) < 4.78 is 0. The molecule has 0 aliphatic carbocycles. The predicted molar refractivity (Wildman–Crippen MR) is 69.9 cm³/mol. The Morgan fingerprint density at radius 1 is 1.39 bits per heavy atom. The van der Waals surface area contributed by atoms with Gasteiger partial charge in [-0.1, -0.05) is 6.08 Å². The van der Waals surface area contributed by atoms with E-state index in [4.69, 9.17) is 5.11 Å². The Morgan fingerprint density at radius 3 is 2.44 bits per heavy atom. The van der Waals surface area contributed by atoms with Gasteiger partial charge in [0.2, 0.25) is 0 Å². The van der Waals surface area contributed by atoms with Crippen molar-refractivity contribution < 1.29 is 14.7 Å². The van der Waals surface area contributed by atoms with Crippen LogP contribution in [0.15, 0.2) is 36.9 Å². The normalized spacial score (nSPS) is 9.61. The molecule has 1 rings (SSSR count). The number of likely N-dealkylation sites (N-methyl/N-ethyl adjacent to an activating group) is 1. The second kappa shape index (κ2) is 6.44. The van der Waals surface area contributed by atoms with Crippen LogP contribution in [0, 0.1) is 0 Å². The zero-order chi connectivity index (χ0) is 13.5. The lowest BCUT2D eigenvalue weighted by Gasteiger charge is -2.19. The predicted octanol–water partition coefficient (Wildman–Crippen LogP) is 2.42. The van der Waals surface area contributed by atoms with Gasteiger partial charge in [0.05, 0.1) is 5.56 Å². The Kier molecular flexibility index (Phi) is 4.92. The topological polar surface area (TPSA) is 69.6 Å². The molecule has 0 saturated heterocycles. The number of carboxylic acids is 1. The maximum Gasteiger partial charge on any atom is 0.335 e. The van der Waals surface area contributed by atoms with Crippen molar-refractivity contribution in [3.8, 4) is 0 Å². The van der Waals surface area contributed by atoms with Crippen molar-refractivity contribution in [1.29, 1.82) is 0 Å². The Morgan fingerprint density at radius 2 is 2.00 bits per heavy atom. The molecule has 0 atom stereocenters. The summed E-state index contributed by atoms with van der Waals surface area (Å²) in [5.74, 6) is -0.991. The number of urea groups is 1. The number of carbonyl (C=O) groups is 2. The fourth-order valence-electron chi connectivity index (χ4n) is 1.41. The summed E-state index contributed by atoms with van der Waals surface area (Å²) in [4.78, 5) is 24.1. The molecule has 18 heavy (non-hydrogen) atoms. The number of nitrogens with one attached hydrogen (secondary N) is 1. The number of aromatic carboxylic acids is 1. The van der Waals surface area contributed by atoms with Crippen molar-refractivity contribution in [1.82, 2.24) is 4.90 Å². The number of carboxylic acid groups (broad SMARTS) is 1. The van der Waals surface area contributed by atoms with Gasteiger partial charge >= 0.3 is 12.0 Å². The van der Waals surface area contributed by atoms with E-state index >= 15 is 0 Å². The Labute approximate surface area is 106 Å². The highest BCUT2D eigenvalue weighted by Gasteiger charge is 2.10. The number of carbonyl (C=O) groups excluding carboxylic acids is 1. The van der Waals surface area contributed by atoms with Gasteiger partial charge in [-0.3, -0.25) is 0 Å². The molecular formula is C13H16N2O3. The van der Waals surface area contributed by atoms with Crippen molar-refractivity contribution in [2.24, 2.45) is 0 Å². The van der Waals surface area contributed by atoms with E-state index < -0.39 is 5.97 Å². The van der Waals surface area contributed by atoms with Crippen molar-refractivity contribution in [2.75, 3.05) is 18.4 Å². The van der Waals surface area contributed by atoms with E-state index in [1.807, 2.05) is 6.92 Å². The van der Waals surface area contributed by atoms with Gasteiger partial charge in [0.1, 0.15) is 0 Å². The first-order chi connectivity index (χ1) is 8.58. The Bertz CT molecular complexity index is 440. The van der Waals surface area contributed by atoms with E-state index in [0.717, 1.165) is 0 Å². The highest BCUT2D eigenvalue weighted by molar-refractivity contribution is 5.91. The third-order valence-corrected chi connectivity index (χ3v) is 2.40. The maximum absolute atomic E-state index is 11.8. The average Bonchev–Trinajstić information content (AvgIpc) is 2.36. The smallest absolute Gasteiger partial charge is 0.335 e. The molecule has 5 nitrogen and oxygen atoms in total. The SMILES string of the molecule is C=CCN(CC)C(=O)Nc1ccc(C(=O)O)cc1. The van der Waals surface area contributed by atoms with Crippen LogP contribution in [0.25, 0.3) is 0 Å². The van der Waals surface area contributed by atoms with Crippen molar-refractivity contribution >= 4 is 17.7 Å². The van der Waals surface area contributed by atoms with Crippen molar-refractivity contribution in [3.63, 3.8) is 0 Å². The van der Waals surface area contributed by atoms with Crippen LogP contribution in [0.5, 0.6) is 0 Å². The summed E-state index contributed by atoms with van der Waals surface area (Å²) >= 11 is 0. The third kappa shape index (κ3) is 3.62. The average molecular weight is 248 g/mol. The lowest BCUT2D eigenvalue weighted by molar-refractivity contribution is 0.0697. The number of rotatable bonds is 5. The molecule has 0 spiro atoms. The van der Waals surface area contributed by atoms with Gasteiger partial charge in [0.15, 0.2) is 0 Å². The molecule has 0 radical (unpaired) electrons. The van der Waals surface area contributed by atoms with Crippen LogP contribution >= 0.6 is 0 Å². The van der Waals surface area contributed by atoms with Crippen LogP contribution in [-0.2, 0) is 0 Å². The summed E-state index contributed by atoms with van der Waals surface area (Å²) in [6, 6.07) is 5.77. The molecule has 0 fully saturated rings. The minimum atomic E-state index is -0.991. The lowest BCUT2D eigenvalue weighted by atomic mass is 10.2. The largest absolute Gasteiger partial charge is 0.478 e. The van der Waals surface area contributed by atoms with Crippen LogP contribution in [0.3, 0.4) is 0 Å². The van der Waals surface area contributed by atoms with E-state index in [0.29, 0.717) is 18.8 Å². The molecule has 1 aromatic carbocycles. The van der Waals surface area contributed by atoms with Gasteiger partial charge in [-0.2, -0.15) is 0 Å². The van der Waals surface area contributed by atoms with Crippen LogP contribution in [-0.4, -0.2) is 35.1 Å². The fraction of sp³-hybridized carbons (Fsp3) is 0.231. The van der Waals surface area contributed by atoms with Gasteiger partial charge in [-0.15, -0.1) is 6.58 Å². The molecule has 0 unspecified atom stereocenters. The molecule has 0 saturated carbocycles. The van der Waals surface area contributed by atoms with Crippen LogP contribution in [0.4, 0.5) is 10.5 Å². The summed E-state index contributed by atoms with van der Waals surface area (Å²) in [5.41, 5.74) is 0.749. The minimum Gasteiger partial charge on any atom is -0.478 e. The summed E-state index contributed by atoms with van der Waals surface area (Å²) in [6.07, 6.45) is 1.65. The van der Waals surface area contributed by atoms with Gasteiger partial charge in [-0.05, 0) is 31.2 Å². The summed E-state index contributed by atoms with van der Waals surface area (Å²) in [6.45, 7) is 6.50. The van der Waals surface area contributed by atoms with Crippen LogP contribution in [0.2, 0.25) is 0 Å². The standard InChI is InChI=1S/C13H16N2O3/c1-3-9-15(4-2)13(18)14-11-7-5-10(6-8-11)12(16)17/h3,5-8H,1,4,9H2,2H3,(H,14,18)(H,16,17). The first-order valence-electron chi connectivity index (χ1n) is 5.58. The van der Waals surface area contributed by atoms with Crippen molar-refractivity contribution in [3.05, 3.63) is 42.5 Å². The molecular weight excluding hydrogens is 232 g/mol. The monoisotopic (exact) mass is 248 g/mol. The van der Waals surface area contributed by atoms with Gasteiger partial charge in [-0.25, -0.2) is 9.59 Å². The molecule has 96 valence electrons. The first kappa shape index (κ1) is 13.8. The molecule has 0 aliphatic rings. The molecule has 2 amide bonds. The summed E-state index contributed by atoms with van der Waals surface area (Å²) in [5, 5.41) is 11.4. The molecule has 2 N–H and O–H groups in total. The molecule has 0 bridgehead atoms. The maximum atomic E-state index is 11.8. The first-order valence-corrected chi connectivity index (χ1v) is 5.58. The van der Waals surface area contributed by atoms with E-state index in [1.54, 1.807) is 23.1 Å². The van der Waals surface area contributed by atoms with Gasteiger partial charge in [0.25, 0.3) is 0 Å². The van der Waals surface area contributed by atoms with Crippen LogP contribution in [0.1, 0.15) is 17.3 Å². The molecule has 5 heteroatoms. The zero-order valence-corrected chi connectivity index (χ0v) is 10.2. The molecule has 0 heterocycles. The zero-order valence-electron chi connectivity index (χ0n) is 10.2. The van der Waals surface area contributed by atoms with E-state index in [1.165, 1.54) is 12.1 Å². The number of anilines is 1. The van der Waals surface area contributed by atoms with Crippen LogP contribution < -0.4 is 5.32 Å². The van der Waals surface area contributed by atoms with E-state index in [2.05, 4.69) is 11.9 Å². The van der Waals surface area contributed by atoms with Crippen molar-refractivity contribution in [2.45, 2.75) is 6.92 Å². The fourth-order valence-corrected chi connectivity index (χ4v) is 1.41. The van der Waals surface area contributed by atoms with Gasteiger partial charge in [0, 0.05) is 18.8 Å². The number of hydrogen-bond acceptors (Lipinski definition) is 2. The minimum absolute atomic E-state index is 0.187. The lowest BCUT2D eigenvalue weighted by Crippen LogP contribution is -2.34. The highest BCUT2D eigenvalue weighted by Crippen LogP contribution is 2.10. The summed E-state index contributed by atoms with van der Waals surface area (Å²) in [7, 11) is 0. The van der Waals surface area contributed by atoms with Gasteiger partial charge < -0.3 is 15.3 Å². The number of hydrogen-bond donors (Lipinski definition) is 2. The third-order valence-electron chi connectivity index (χ3n) is 2.40. The molecule has 1 aromatic rings.